The Bertz CT molecular complexity index is 1040. The van der Waals surface area contributed by atoms with E-state index in [2.05, 4.69) is 5.32 Å². The molecule has 0 spiro atoms. The van der Waals surface area contributed by atoms with Crippen molar-refractivity contribution in [3.05, 3.63) is 40.3 Å². The highest BCUT2D eigenvalue weighted by molar-refractivity contribution is 7.90. The summed E-state index contributed by atoms with van der Waals surface area (Å²) in [5.74, 6) is 0.459. The number of benzene rings is 1. The first kappa shape index (κ1) is 23.1. The summed E-state index contributed by atoms with van der Waals surface area (Å²) >= 11 is 1.13. The van der Waals surface area contributed by atoms with Gasteiger partial charge in [-0.15, -0.1) is 11.3 Å². The lowest BCUT2D eigenvalue weighted by atomic mass is 10.1. The zero-order valence-electron chi connectivity index (χ0n) is 17.4. The molecule has 168 valence electrons. The van der Waals surface area contributed by atoms with Gasteiger partial charge in [0.1, 0.15) is 16.5 Å². The van der Waals surface area contributed by atoms with Crippen molar-refractivity contribution in [2.75, 3.05) is 31.4 Å². The molecule has 0 saturated carbocycles. The predicted molar refractivity (Wildman–Crippen MR) is 118 cm³/mol. The number of methoxy groups -OCH3 is 1. The fourth-order valence-electron chi connectivity index (χ4n) is 3.21. The second kappa shape index (κ2) is 10.1. The largest absolute Gasteiger partial charge is 0.497 e. The van der Waals surface area contributed by atoms with Gasteiger partial charge in [-0.25, -0.2) is 13.2 Å². The molecule has 1 amide bonds. The van der Waals surface area contributed by atoms with Crippen LogP contribution in [0.5, 0.6) is 11.5 Å². The second-order valence-corrected chi connectivity index (χ2v) is 10.2. The Morgan fingerprint density at radius 1 is 1.16 bits per heavy atom. The topological polar surface area (TPSA) is 108 Å². The fraction of sp³-hybridized carbons (Fsp3) is 0.429. The fourth-order valence-corrected chi connectivity index (χ4v) is 6.27. The van der Waals surface area contributed by atoms with Crippen molar-refractivity contribution in [1.29, 1.82) is 0 Å². The highest BCUT2D eigenvalue weighted by Crippen LogP contribution is 2.38. The maximum Gasteiger partial charge on any atom is 0.341 e. The van der Waals surface area contributed by atoms with E-state index in [4.69, 9.17) is 14.2 Å². The van der Waals surface area contributed by atoms with Crippen LogP contribution < -0.4 is 14.8 Å². The summed E-state index contributed by atoms with van der Waals surface area (Å²) in [6.07, 6.45) is 0.916. The van der Waals surface area contributed by atoms with E-state index in [0.29, 0.717) is 34.2 Å². The van der Waals surface area contributed by atoms with Crippen molar-refractivity contribution >= 4 is 38.1 Å². The zero-order chi connectivity index (χ0) is 22.4. The number of sulfone groups is 1. The van der Waals surface area contributed by atoms with E-state index in [1.54, 1.807) is 38.3 Å². The molecular formula is C21H25NO7S2. The molecule has 1 aliphatic heterocycles. The van der Waals surface area contributed by atoms with Gasteiger partial charge >= 0.3 is 5.97 Å². The molecular weight excluding hydrogens is 442 g/mol. The molecule has 0 saturated heterocycles. The van der Waals surface area contributed by atoms with E-state index in [-0.39, 0.29) is 42.4 Å². The number of amides is 1. The van der Waals surface area contributed by atoms with Crippen LogP contribution in [0.1, 0.15) is 40.6 Å². The number of carbonyl (C=O) groups is 2. The maximum absolute atomic E-state index is 12.5. The summed E-state index contributed by atoms with van der Waals surface area (Å²) in [6.45, 7) is 2.24. The van der Waals surface area contributed by atoms with Crippen molar-refractivity contribution in [1.82, 2.24) is 0 Å². The lowest BCUT2D eigenvalue weighted by Gasteiger charge is -2.13. The molecule has 2 heterocycles. The molecule has 8 nitrogen and oxygen atoms in total. The first-order valence-corrected chi connectivity index (χ1v) is 12.6. The molecule has 1 N–H and O–H groups in total. The molecule has 0 fully saturated rings. The Morgan fingerprint density at radius 3 is 2.55 bits per heavy atom. The van der Waals surface area contributed by atoms with Crippen molar-refractivity contribution in [2.45, 2.75) is 31.9 Å². The molecule has 1 aromatic heterocycles. The van der Waals surface area contributed by atoms with Gasteiger partial charge in [-0.05, 0) is 49.6 Å². The van der Waals surface area contributed by atoms with Gasteiger partial charge in [0.2, 0.25) is 5.91 Å². The maximum atomic E-state index is 12.5. The average molecular weight is 468 g/mol. The van der Waals surface area contributed by atoms with Crippen molar-refractivity contribution in [2.24, 2.45) is 0 Å². The third kappa shape index (κ3) is 5.98. The highest BCUT2D eigenvalue weighted by Gasteiger charge is 2.31. The van der Waals surface area contributed by atoms with E-state index in [1.165, 1.54) is 0 Å². The molecule has 0 bridgehead atoms. The normalized spacial score (nSPS) is 14.4. The molecule has 1 aliphatic rings. The number of esters is 1. The number of hydrogen-bond acceptors (Lipinski definition) is 8. The van der Waals surface area contributed by atoms with Crippen molar-refractivity contribution in [3.63, 3.8) is 0 Å². The number of thiophene rings is 1. The van der Waals surface area contributed by atoms with Crippen LogP contribution in [0.3, 0.4) is 0 Å². The van der Waals surface area contributed by atoms with Gasteiger partial charge in [0.05, 0.1) is 37.4 Å². The standard InChI is InChI=1S/C21H25NO7S2/c1-3-28-21(24)19-16-10-12-31(25,26)13-17(16)30-20(19)22-18(23)5-4-11-29-15-8-6-14(27-2)7-9-15/h6-9H,3-5,10-13H2,1-2H3,(H,22,23). The number of fused-ring (bicyclic) bond motifs is 1. The van der Waals surface area contributed by atoms with Crippen LogP contribution in [0.15, 0.2) is 24.3 Å². The van der Waals surface area contributed by atoms with Crippen LogP contribution in [0.4, 0.5) is 5.00 Å². The first-order valence-electron chi connectivity index (χ1n) is 9.91. The summed E-state index contributed by atoms with van der Waals surface area (Å²) in [7, 11) is -1.61. The van der Waals surface area contributed by atoms with E-state index in [0.717, 1.165) is 17.1 Å². The van der Waals surface area contributed by atoms with Crippen molar-refractivity contribution in [3.8, 4) is 11.5 Å². The number of anilines is 1. The van der Waals surface area contributed by atoms with Crippen LogP contribution >= 0.6 is 11.3 Å². The predicted octanol–water partition coefficient (Wildman–Crippen LogP) is 3.20. The molecule has 2 aromatic rings. The van der Waals surface area contributed by atoms with Crippen LogP contribution in [-0.2, 0) is 31.5 Å². The van der Waals surface area contributed by atoms with Crippen LogP contribution in [0.25, 0.3) is 0 Å². The molecule has 1 aromatic carbocycles. The van der Waals surface area contributed by atoms with Crippen LogP contribution in [0, 0.1) is 0 Å². The third-order valence-electron chi connectivity index (χ3n) is 4.71. The minimum Gasteiger partial charge on any atom is -0.497 e. The van der Waals surface area contributed by atoms with Crippen LogP contribution in [-0.4, -0.2) is 46.4 Å². The average Bonchev–Trinajstić information content (AvgIpc) is 3.07. The van der Waals surface area contributed by atoms with Gasteiger partial charge in [-0.3, -0.25) is 4.79 Å². The molecule has 0 aliphatic carbocycles. The lowest BCUT2D eigenvalue weighted by molar-refractivity contribution is -0.116. The molecule has 0 radical (unpaired) electrons. The van der Waals surface area contributed by atoms with Crippen molar-refractivity contribution < 1.29 is 32.2 Å². The van der Waals surface area contributed by atoms with Gasteiger partial charge in [0.15, 0.2) is 9.84 Å². The summed E-state index contributed by atoms with van der Waals surface area (Å²) < 4.78 is 39.8. The number of hydrogen-bond donors (Lipinski definition) is 1. The van der Waals surface area contributed by atoms with E-state index in [1.807, 2.05) is 0 Å². The van der Waals surface area contributed by atoms with Gasteiger partial charge in [0, 0.05) is 11.3 Å². The number of rotatable bonds is 9. The van der Waals surface area contributed by atoms with Gasteiger partial charge in [0.25, 0.3) is 0 Å². The van der Waals surface area contributed by atoms with Gasteiger partial charge < -0.3 is 19.5 Å². The molecule has 31 heavy (non-hydrogen) atoms. The zero-order valence-corrected chi connectivity index (χ0v) is 19.1. The van der Waals surface area contributed by atoms with Crippen LogP contribution in [0.2, 0.25) is 0 Å². The van der Waals surface area contributed by atoms with Gasteiger partial charge in [-0.1, -0.05) is 0 Å². The summed E-state index contributed by atoms with van der Waals surface area (Å²) in [6, 6.07) is 7.15. The van der Waals surface area contributed by atoms with E-state index < -0.39 is 15.8 Å². The number of carbonyl (C=O) groups excluding carboxylic acids is 2. The summed E-state index contributed by atoms with van der Waals surface area (Å²) in [5.41, 5.74) is 0.941. The van der Waals surface area contributed by atoms with E-state index in [9.17, 15) is 18.0 Å². The minimum absolute atomic E-state index is 0.0147. The minimum atomic E-state index is -3.19. The number of nitrogens with one attached hydrogen (secondary N) is 1. The Kier molecular flexibility index (Phi) is 7.55. The quantitative estimate of drug-likeness (QED) is 0.446. The highest BCUT2D eigenvalue weighted by atomic mass is 32.2. The Morgan fingerprint density at radius 2 is 1.87 bits per heavy atom. The monoisotopic (exact) mass is 467 g/mol. The molecule has 0 atom stereocenters. The Labute approximate surface area is 185 Å². The second-order valence-electron chi connectivity index (χ2n) is 6.95. The Balaban J connectivity index is 1.60. The number of ether oxygens (including phenoxy) is 3. The SMILES string of the molecule is CCOC(=O)c1c(NC(=O)CCCOc2ccc(OC)cc2)sc2c1CCS(=O)(=O)C2. The summed E-state index contributed by atoms with van der Waals surface area (Å²) in [4.78, 5) is 25.5. The lowest BCUT2D eigenvalue weighted by Crippen LogP contribution is -2.20. The van der Waals surface area contributed by atoms with Gasteiger partial charge in [-0.2, -0.15) is 0 Å². The smallest absolute Gasteiger partial charge is 0.341 e. The third-order valence-corrected chi connectivity index (χ3v) is 7.60. The Hall–Kier alpha value is -2.59. The molecule has 10 heteroatoms. The molecule has 3 rings (SSSR count). The van der Waals surface area contributed by atoms with E-state index >= 15 is 0 Å². The first-order chi connectivity index (χ1) is 14.8. The summed E-state index contributed by atoms with van der Waals surface area (Å²) in [5, 5.41) is 3.11. The molecule has 0 unspecified atom stereocenters.